The number of fused-ring (bicyclic) bond motifs is 1. The number of hydroxylamine groups is 1. The van der Waals surface area contributed by atoms with Crippen LogP contribution in [0.2, 0.25) is 0 Å². The van der Waals surface area contributed by atoms with E-state index in [0.717, 1.165) is 11.3 Å². The third-order valence-corrected chi connectivity index (χ3v) is 3.39. The molecule has 0 saturated heterocycles. The molecule has 0 radical (unpaired) electrons. The number of anilines is 2. The number of nitrogens with one attached hydrogen (secondary N) is 2. The number of nitrogens with zero attached hydrogens (tertiary/aromatic N) is 1. The van der Waals surface area contributed by atoms with E-state index in [0.29, 0.717) is 22.3 Å². The van der Waals surface area contributed by atoms with E-state index in [9.17, 15) is 4.79 Å². The number of rotatable bonds is 3. The molecule has 5 nitrogen and oxygen atoms in total. The van der Waals surface area contributed by atoms with Gasteiger partial charge in [0.1, 0.15) is 5.82 Å². The van der Waals surface area contributed by atoms with Crippen molar-refractivity contribution in [1.82, 2.24) is 10.5 Å². The fourth-order valence-corrected chi connectivity index (χ4v) is 2.27. The first kappa shape index (κ1) is 14.0. The van der Waals surface area contributed by atoms with Crippen molar-refractivity contribution < 1.29 is 10.0 Å². The summed E-state index contributed by atoms with van der Waals surface area (Å²) in [6, 6.07) is 16.8. The second-order valence-corrected chi connectivity index (χ2v) is 5.00. The van der Waals surface area contributed by atoms with Crippen LogP contribution in [-0.2, 0) is 0 Å². The number of carbonyl (C=O) groups excluding carboxylic acids is 1. The predicted molar refractivity (Wildman–Crippen MR) is 85.5 cm³/mol. The van der Waals surface area contributed by atoms with Gasteiger partial charge in [0.15, 0.2) is 0 Å². The molecule has 0 bridgehead atoms. The fourth-order valence-electron chi connectivity index (χ4n) is 2.27. The second-order valence-electron chi connectivity index (χ2n) is 5.00. The minimum atomic E-state index is -0.564. The molecule has 3 aromatic rings. The van der Waals surface area contributed by atoms with Gasteiger partial charge >= 0.3 is 0 Å². The minimum Gasteiger partial charge on any atom is -0.340 e. The van der Waals surface area contributed by atoms with Crippen molar-refractivity contribution in [2.75, 3.05) is 5.32 Å². The Kier molecular flexibility index (Phi) is 3.72. The number of pyridine rings is 1. The van der Waals surface area contributed by atoms with Gasteiger partial charge < -0.3 is 5.32 Å². The molecular formula is C17H15N3O2. The average molecular weight is 293 g/mol. The van der Waals surface area contributed by atoms with E-state index in [1.54, 1.807) is 17.6 Å². The Balaban J connectivity index is 2.06. The van der Waals surface area contributed by atoms with Crippen LogP contribution >= 0.6 is 0 Å². The number of carbonyl (C=O) groups is 1. The van der Waals surface area contributed by atoms with Crippen molar-refractivity contribution in [2.45, 2.75) is 6.92 Å². The van der Waals surface area contributed by atoms with E-state index in [1.165, 1.54) is 0 Å². The lowest BCUT2D eigenvalue weighted by atomic mass is 10.1. The highest BCUT2D eigenvalue weighted by molar-refractivity contribution is 6.06. The minimum absolute atomic E-state index is 0.364. The molecule has 1 aromatic heterocycles. The number of para-hydroxylation sites is 1. The summed E-state index contributed by atoms with van der Waals surface area (Å²) in [4.78, 5) is 16.4. The molecule has 5 heteroatoms. The maximum absolute atomic E-state index is 11.9. The van der Waals surface area contributed by atoms with Crippen molar-refractivity contribution >= 4 is 28.3 Å². The fraction of sp³-hybridized carbons (Fsp3) is 0.0588. The van der Waals surface area contributed by atoms with Gasteiger partial charge in [0.2, 0.25) is 0 Å². The number of aromatic nitrogens is 1. The van der Waals surface area contributed by atoms with Crippen LogP contribution in [0.1, 0.15) is 15.9 Å². The lowest BCUT2D eigenvalue weighted by Crippen LogP contribution is -2.19. The number of hydrogen-bond donors (Lipinski definition) is 3. The lowest BCUT2D eigenvalue weighted by molar-refractivity contribution is 0.0708. The summed E-state index contributed by atoms with van der Waals surface area (Å²) in [6.07, 6.45) is 0. The monoisotopic (exact) mass is 293 g/mol. The number of hydrogen-bond acceptors (Lipinski definition) is 4. The van der Waals surface area contributed by atoms with Crippen LogP contribution in [0, 0.1) is 6.92 Å². The summed E-state index contributed by atoms with van der Waals surface area (Å²) in [5, 5.41) is 12.8. The molecule has 1 amide bonds. The third kappa shape index (κ3) is 2.75. The van der Waals surface area contributed by atoms with Crippen LogP contribution in [0.15, 0.2) is 54.6 Å². The molecule has 0 unspecified atom stereocenters. The predicted octanol–water partition coefficient (Wildman–Crippen LogP) is 3.41. The van der Waals surface area contributed by atoms with Gasteiger partial charge in [0.05, 0.1) is 11.1 Å². The second kappa shape index (κ2) is 5.83. The van der Waals surface area contributed by atoms with Crippen LogP contribution in [0.5, 0.6) is 0 Å². The summed E-state index contributed by atoms with van der Waals surface area (Å²) in [6.45, 7) is 2.02. The Morgan fingerprint density at radius 3 is 2.55 bits per heavy atom. The molecule has 110 valence electrons. The number of benzene rings is 2. The Morgan fingerprint density at radius 2 is 1.82 bits per heavy atom. The molecule has 22 heavy (non-hydrogen) atoms. The van der Waals surface area contributed by atoms with Crippen molar-refractivity contribution in [1.29, 1.82) is 0 Å². The highest BCUT2D eigenvalue weighted by Crippen LogP contribution is 2.23. The van der Waals surface area contributed by atoms with Gasteiger partial charge in [-0.2, -0.15) is 0 Å². The molecule has 0 aliphatic carbocycles. The summed E-state index contributed by atoms with van der Waals surface area (Å²) in [5.41, 5.74) is 4.76. The van der Waals surface area contributed by atoms with E-state index < -0.39 is 5.91 Å². The maximum Gasteiger partial charge on any atom is 0.275 e. The smallest absolute Gasteiger partial charge is 0.275 e. The Morgan fingerprint density at radius 1 is 1.09 bits per heavy atom. The van der Waals surface area contributed by atoms with Gasteiger partial charge in [0.25, 0.3) is 5.91 Å². The SMILES string of the molecule is Cc1ccc(Nc2cc(C(=O)NO)c3ccccc3n2)cc1. The zero-order valence-electron chi connectivity index (χ0n) is 12.0. The first-order valence-electron chi connectivity index (χ1n) is 6.85. The quantitative estimate of drug-likeness (QED) is 0.511. The molecule has 0 fully saturated rings. The van der Waals surface area contributed by atoms with Crippen LogP contribution in [-0.4, -0.2) is 16.1 Å². The van der Waals surface area contributed by atoms with Gasteiger partial charge in [-0.25, -0.2) is 10.5 Å². The van der Waals surface area contributed by atoms with Gasteiger partial charge in [-0.3, -0.25) is 10.0 Å². The Bertz CT molecular complexity index is 829. The Hall–Kier alpha value is -2.92. The van der Waals surface area contributed by atoms with E-state index in [2.05, 4.69) is 10.3 Å². The van der Waals surface area contributed by atoms with Crippen LogP contribution < -0.4 is 10.8 Å². The van der Waals surface area contributed by atoms with Crippen molar-refractivity contribution in [2.24, 2.45) is 0 Å². The topological polar surface area (TPSA) is 74.2 Å². The number of aryl methyl sites for hydroxylation is 1. The third-order valence-electron chi connectivity index (χ3n) is 3.39. The zero-order valence-corrected chi connectivity index (χ0v) is 12.0. The molecule has 1 heterocycles. The first-order chi connectivity index (χ1) is 10.7. The zero-order chi connectivity index (χ0) is 15.5. The van der Waals surface area contributed by atoms with Gasteiger partial charge in [-0.15, -0.1) is 0 Å². The molecule has 0 aliphatic rings. The summed E-state index contributed by atoms with van der Waals surface area (Å²) >= 11 is 0. The van der Waals surface area contributed by atoms with Gasteiger partial charge in [0, 0.05) is 11.1 Å². The average Bonchev–Trinajstić information content (AvgIpc) is 2.55. The van der Waals surface area contributed by atoms with Crippen molar-refractivity contribution in [3.8, 4) is 0 Å². The van der Waals surface area contributed by atoms with E-state index in [4.69, 9.17) is 5.21 Å². The normalized spacial score (nSPS) is 10.5. The summed E-state index contributed by atoms with van der Waals surface area (Å²) < 4.78 is 0. The highest BCUT2D eigenvalue weighted by Gasteiger charge is 2.12. The standard InChI is InChI=1S/C17H15N3O2/c1-11-6-8-12(9-7-11)18-16-10-14(17(21)20-22)13-4-2-3-5-15(13)19-16/h2-10,22H,1H3,(H,18,19)(H,20,21). The Labute approximate surface area is 127 Å². The van der Waals surface area contributed by atoms with Gasteiger partial charge in [-0.1, -0.05) is 35.9 Å². The van der Waals surface area contributed by atoms with Gasteiger partial charge in [-0.05, 0) is 31.2 Å². The van der Waals surface area contributed by atoms with Crippen molar-refractivity contribution in [3.05, 3.63) is 65.7 Å². The largest absolute Gasteiger partial charge is 0.340 e. The maximum atomic E-state index is 11.9. The molecular weight excluding hydrogens is 278 g/mol. The summed E-state index contributed by atoms with van der Waals surface area (Å²) in [7, 11) is 0. The number of amides is 1. The van der Waals surface area contributed by atoms with Crippen LogP contribution in [0.3, 0.4) is 0 Å². The lowest BCUT2D eigenvalue weighted by Gasteiger charge is -2.10. The first-order valence-corrected chi connectivity index (χ1v) is 6.85. The van der Waals surface area contributed by atoms with Crippen LogP contribution in [0.4, 0.5) is 11.5 Å². The van der Waals surface area contributed by atoms with E-state index in [1.807, 2.05) is 49.4 Å². The summed E-state index contributed by atoms with van der Waals surface area (Å²) in [5.74, 6) is -0.0216. The molecule has 3 rings (SSSR count). The molecule has 0 spiro atoms. The van der Waals surface area contributed by atoms with E-state index >= 15 is 0 Å². The van der Waals surface area contributed by atoms with Crippen molar-refractivity contribution in [3.63, 3.8) is 0 Å². The molecule has 0 atom stereocenters. The molecule has 3 N–H and O–H groups in total. The molecule has 0 aliphatic heterocycles. The molecule has 2 aromatic carbocycles. The molecule has 0 saturated carbocycles. The van der Waals surface area contributed by atoms with Crippen LogP contribution in [0.25, 0.3) is 10.9 Å². The highest BCUT2D eigenvalue weighted by atomic mass is 16.5. The van der Waals surface area contributed by atoms with E-state index in [-0.39, 0.29) is 0 Å².